The quantitative estimate of drug-likeness (QED) is 0.283. The lowest BCUT2D eigenvalue weighted by Gasteiger charge is -2.57. The summed E-state index contributed by atoms with van der Waals surface area (Å²) in [5.74, 6) is 1.29. The van der Waals surface area contributed by atoms with Crippen molar-refractivity contribution in [3.63, 3.8) is 0 Å². The molecule has 3 unspecified atom stereocenters. The lowest BCUT2D eigenvalue weighted by Crippen LogP contribution is -2.69. The number of carbonyl (C=O) groups is 1. The number of rotatable bonds is 5. The maximum Gasteiger partial charge on any atom is 0.243 e. The third-order valence-corrected chi connectivity index (χ3v) is 5.86. The van der Waals surface area contributed by atoms with E-state index in [1.165, 1.54) is 25.7 Å². The molecule has 0 aromatic carbocycles. The molecule has 3 fully saturated rings. The van der Waals surface area contributed by atoms with Crippen LogP contribution in [0.5, 0.6) is 0 Å². The number of aliphatic imine (C=N–C) groups is 1. The van der Waals surface area contributed by atoms with Crippen LogP contribution in [0.15, 0.2) is 17.6 Å². The molecule has 0 aromatic heterocycles. The zero-order chi connectivity index (χ0) is 17.2. The van der Waals surface area contributed by atoms with Gasteiger partial charge in [0.25, 0.3) is 0 Å². The largest absolute Gasteiger partial charge is 0.377 e. The minimum atomic E-state index is 0. The van der Waals surface area contributed by atoms with Crippen molar-refractivity contribution in [3.05, 3.63) is 12.7 Å². The normalized spacial score (nSPS) is 29.4. The molecular weight excluding hydrogens is 431 g/mol. The molecule has 3 rings (SSSR count). The first-order chi connectivity index (χ1) is 11.6. The van der Waals surface area contributed by atoms with Crippen LogP contribution in [0, 0.1) is 11.3 Å². The third-order valence-electron chi connectivity index (χ3n) is 5.86. The fourth-order valence-electron chi connectivity index (χ4n) is 4.66. The highest BCUT2D eigenvalue weighted by molar-refractivity contribution is 14.0. The summed E-state index contributed by atoms with van der Waals surface area (Å²) in [6.45, 7) is 5.42. The molecule has 6 nitrogen and oxygen atoms in total. The van der Waals surface area contributed by atoms with Crippen molar-refractivity contribution in [2.45, 2.75) is 44.2 Å². The Hall–Kier alpha value is -0.830. The topological polar surface area (TPSA) is 66.0 Å². The molecule has 2 saturated carbocycles. The maximum absolute atomic E-state index is 11.8. The van der Waals surface area contributed by atoms with Crippen LogP contribution in [0.1, 0.15) is 32.1 Å². The second-order valence-electron chi connectivity index (χ2n) is 7.43. The predicted molar refractivity (Wildman–Crippen MR) is 110 cm³/mol. The molecule has 0 bridgehead atoms. The molecule has 25 heavy (non-hydrogen) atoms. The maximum atomic E-state index is 11.8. The standard InChI is InChI=1S/C18H30N4O2.HI/c1-4-10-19-17(20-12-14(23)22(2)3)21-15-13-7-11-24-16(13)18(15)8-5-6-9-18;/h4,13,15-16H,1,5-12H2,2-3H3,(H2,19,20,21);1H. The first-order valence-corrected chi connectivity index (χ1v) is 9.06. The van der Waals surface area contributed by atoms with Crippen LogP contribution in [0.3, 0.4) is 0 Å². The smallest absolute Gasteiger partial charge is 0.243 e. The number of fused-ring (bicyclic) bond motifs is 2. The number of nitrogens with one attached hydrogen (secondary N) is 2. The van der Waals surface area contributed by atoms with Crippen molar-refractivity contribution in [1.29, 1.82) is 0 Å². The average Bonchev–Trinajstić information content (AvgIpc) is 3.22. The average molecular weight is 462 g/mol. The number of ether oxygens (including phenoxy) is 1. The highest BCUT2D eigenvalue weighted by Gasteiger charge is 2.65. The zero-order valence-corrected chi connectivity index (χ0v) is 17.6. The molecule has 0 aromatic rings. The van der Waals surface area contributed by atoms with Crippen LogP contribution < -0.4 is 10.6 Å². The van der Waals surface area contributed by atoms with Gasteiger partial charge in [0.05, 0.1) is 6.10 Å². The van der Waals surface area contributed by atoms with E-state index in [4.69, 9.17) is 4.74 Å². The number of nitrogens with zero attached hydrogens (tertiary/aromatic N) is 2. The van der Waals surface area contributed by atoms with Crippen molar-refractivity contribution in [1.82, 2.24) is 15.5 Å². The fourth-order valence-corrected chi connectivity index (χ4v) is 4.66. The summed E-state index contributed by atoms with van der Waals surface area (Å²) < 4.78 is 6.04. The summed E-state index contributed by atoms with van der Waals surface area (Å²) in [6, 6.07) is 0.401. The minimum Gasteiger partial charge on any atom is -0.377 e. The Morgan fingerprint density at radius 2 is 2.12 bits per heavy atom. The van der Waals surface area contributed by atoms with E-state index in [1.807, 2.05) is 0 Å². The number of carbonyl (C=O) groups excluding carboxylic acids is 1. The van der Waals surface area contributed by atoms with E-state index in [2.05, 4.69) is 22.2 Å². The van der Waals surface area contributed by atoms with Gasteiger partial charge in [-0.2, -0.15) is 0 Å². The van der Waals surface area contributed by atoms with Crippen molar-refractivity contribution in [2.24, 2.45) is 16.3 Å². The molecular formula is C18H31IN4O2. The number of amides is 1. The van der Waals surface area contributed by atoms with E-state index in [9.17, 15) is 4.79 Å². The summed E-state index contributed by atoms with van der Waals surface area (Å²) in [5, 5.41) is 6.89. The Morgan fingerprint density at radius 3 is 2.76 bits per heavy atom. The Balaban J connectivity index is 0.00000225. The molecule has 2 aliphatic carbocycles. The Morgan fingerprint density at radius 1 is 1.40 bits per heavy atom. The van der Waals surface area contributed by atoms with Gasteiger partial charge in [-0.05, 0) is 19.3 Å². The molecule has 1 spiro atoms. The van der Waals surface area contributed by atoms with Gasteiger partial charge in [0.1, 0.15) is 6.54 Å². The molecule has 7 heteroatoms. The van der Waals surface area contributed by atoms with Gasteiger partial charge in [-0.1, -0.05) is 18.9 Å². The second kappa shape index (κ2) is 8.70. The number of hydrogen-bond donors (Lipinski definition) is 2. The third kappa shape index (κ3) is 3.97. The summed E-state index contributed by atoms with van der Waals surface area (Å²) in [6.07, 6.45) is 8.39. The Labute approximate surface area is 167 Å². The Kier molecular flexibility index (Phi) is 7.13. The number of halogens is 1. The van der Waals surface area contributed by atoms with Gasteiger partial charge in [0.15, 0.2) is 5.96 Å². The predicted octanol–water partition coefficient (Wildman–Crippen LogP) is 1.76. The van der Waals surface area contributed by atoms with Gasteiger partial charge < -0.3 is 20.3 Å². The van der Waals surface area contributed by atoms with E-state index in [-0.39, 0.29) is 41.8 Å². The molecule has 1 saturated heterocycles. The summed E-state index contributed by atoms with van der Waals surface area (Å²) >= 11 is 0. The number of hydrogen-bond acceptors (Lipinski definition) is 3. The highest BCUT2D eigenvalue weighted by atomic mass is 127. The van der Waals surface area contributed by atoms with Crippen molar-refractivity contribution >= 4 is 35.8 Å². The van der Waals surface area contributed by atoms with E-state index >= 15 is 0 Å². The van der Waals surface area contributed by atoms with Crippen LogP contribution in [0.25, 0.3) is 0 Å². The molecule has 1 heterocycles. The number of guanidine groups is 1. The van der Waals surface area contributed by atoms with Gasteiger partial charge in [-0.25, -0.2) is 4.99 Å². The fraction of sp³-hybridized carbons (Fsp3) is 0.778. The van der Waals surface area contributed by atoms with Gasteiger partial charge >= 0.3 is 0 Å². The number of likely N-dealkylation sites (N-methyl/N-ethyl adjacent to an activating group) is 1. The van der Waals surface area contributed by atoms with Gasteiger partial charge in [-0.3, -0.25) is 4.79 Å². The summed E-state index contributed by atoms with van der Waals surface area (Å²) in [4.78, 5) is 17.9. The second-order valence-corrected chi connectivity index (χ2v) is 7.43. The van der Waals surface area contributed by atoms with E-state index in [1.54, 1.807) is 25.1 Å². The van der Waals surface area contributed by atoms with E-state index in [0.29, 0.717) is 30.6 Å². The van der Waals surface area contributed by atoms with Gasteiger partial charge in [0, 0.05) is 44.6 Å². The monoisotopic (exact) mass is 462 g/mol. The lowest BCUT2D eigenvalue weighted by atomic mass is 9.54. The Bertz CT molecular complexity index is 517. The van der Waals surface area contributed by atoms with Crippen LogP contribution in [0.4, 0.5) is 0 Å². The molecule has 142 valence electrons. The highest BCUT2D eigenvalue weighted by Crippen LogP contribution is 2.60. The van der Waals surface area contributed by atoms with Crippen molar-refractivity contribution in [3.8, 4) is 0 Å². The van der Waals surface area contributed by atoms with Gasteiger partial charge in [-0.15, -0.1) is 30.6 Å². The van der Waals surface area contributed by atoms with E-state index < -0.39 is 0 Å². The summed E-state index contributed by atoms with van der Waals surface area (Å²) in [7, 11) is 3.50. The lowest BCUT2D eigenvalue weighted by molar-refractivity contribution is -0.127. The molecule has 1 aliphatic heterocycles. The molecule has 3 aliphatic rings. The SMILES string of the molecule is C=CCNC(=NCC(=O)N(C)C)NC1C2CCOC2C12CCCC2.I. The van der Waals surface area contributed by atoms with Crippen molar-refractivity contribution in [2.75, 3.05) is 33.8 Å². The molecule has 3 atom stereocenters. The van der Waals surface area contributed by atoms with Crippen molar-refractivity contribution < 1.29 is 9.53 Å². The zero-order valence-electron chi connectivity index (χ0n) is 15.3. The van der Waals surface area contributed by atoms with E-state index in [0.717, 1.165) is 13.0 Å². The molecule has 2 N–H and O–H groups in total. The first-order valence-electron chi connectivity index (χ1n) is 9.06. The van der Waals surface area contributed by atoms with Gasteiger partial charge in [0.2, 0.25) is 5.91 Å². The minimum absolute atomic E-state index is 0. The molecule has 0 radical (unpaired) electrons. The van der Waals surface area contributed by atoms with Crippen LogP contribution in [0.2, 0.25) is 0 Å². The van der Waals surface area contributed by atoms with Crippen LogP contribution in [-0.2, 0) is 9.53 Å². The molecule has 1 amide bonds. The summed E-state index contributed by atoms with van der Waals surface area (Å²) in [5.41, 5.74) is 0.267. The van der Waals surface area contributed by atoms with Crippen LogP contribution >= 0.6 is 24.0 Å². The first kappa shape index (κ1) is 20.5. The van der Waals surface area contributed by atoms with Crippen LogP contribution in [-0.4, -0.2) is 62.7 Å².